The number of rotatable bonds is 7. The molecule has 0 radical (unpaired) electrons. The number of nitrogens with one attached hydrogen (secondary N) is 1. The summed E-state index contributed by atoms with van der Waals surface area (Å²) in [6.07, 6.45) is 5.06. The highest BCUT2D eigenvalue weighted by Crippen LogP contribution is 2.54. The molecule has 2 aromatic heterocycles. The van der Waals surface area contributed by atoms with Crippen molar-refractivity contribution in [3.05, 3.63) is 46.2 Å². The Bertz CT molecular complexity index is 1630. The van der Waals surface area contributed by atoms with Gasteiger partial charge < -0.3 is 29.8 Å². The fourth-order valence-electron chi connectivity index (χ4n) is 7.93. The minimum atomic E-state index is -0.444. The minimum absolute atomic E-state index is 0.0475. The third kappa shape index (κ3) is 4.54. The molecule has 2 aliphatic carbocycles. The summed E-state index contributed by atoms with van der Waals surface area (Å²) in [7, 11) is 3.85. The molecule has 11 heteroatoms. The largest absolute Gasteiger partial charge is 0.473 e. The van der Waals surface area contributed by atoms with Crippen LogP contribution in [-0.4, -0.2) is 77.2 Å². The van der Waals surface area contributed by atoms with Crippen molar-refractivity contribution in [1.29, 1.82) is 5.26 Å². The van der Waals surface area contributed by atoms with Gasteiger partial charge in [-0.15, -0.1) is 0 Å². The van der Waals surface area contributed by atoms with Gasteiger partial charge in [-0.1, -0.05) is 11.2 Å². The molecule has 0 saturated carbocycles. The zero-order chi connectivity index (χ0) is 30.8. The van der Waals surface area contributed by atoms with Gasteiger partial charge in [0.1, 0.15) is 18.3 Å². The van der Waals surface area contributed by atoms with Crippen LogP contribution in [0.3, 0.4) is 0 Å². The number of aromatic nitrogens is 3. The van der Waals surface area contributed by atoms with E-state index in [-0.39, 0.29) is 29.9 Å². The maximum absolute atomic E-state index is 10.1. The highest BCUT2D eigenvalue weighted by atomic mass is 16.5. The molecule has 3 aromatic rings. The molecule has 1 spiro atoms. The number of anilines is 1. The van der Waals surface area contributed by atoms with E-state index < -0.39 is 5.41 Å². The lowest BCUT2D eigenvalue weighted by atomic mass is 9.68. The first-order valence-electron chi connectivity index (χ1n) is 15.7. The number of benzene rings is 1. The van der Waals surface area contributed by atoms with E-state index in [2.05, 4.69) is 49.3 Å². The molecule has 5 atom stereocenters. The summed E-state index contributed by atoms with van der Waals surface area (Å²) in [4.78, 5) is 12.0. The van der Waals surface area contributed by atoms with Gasteiger partial charge in [-0.3, -0.25) is 4.90 Å². The number of methoxy groups -OCH3 is 1. The topological polar surface area (TPSA) is 145 Å². The Hall–Kier alpha value is -3.72. The average Bonchev–Trinajstić information content (AvgIpc) is 3.71. The smallest absolute Gasteiger partial charge is 0.221 e. The maximum Gasteiger partial charge on any atom is 0.221 e. The number of likely N-dealkylation sites (N-methyl/N-ethyl adjacent to an activating group) is 1. The lowest BCUT2D eigenvalue weighted by Crippen LogP contribution is -2.67. The number of likely N-dealkylation sites (tertiary alicyclic amines) is 1. The summed E-state index contributed by atoms with van der Waals surface area (Å²) in [6, 6.07) is 8.12. The molecule has 0 amide bonds. The molecule has 232 valence electrons. The Morgan fingerprint density at radius 1 is 1.20 bits per heavy atom. The summed E-state index contributed by atoms with van der Waals surface area (Å²) in [5.74, 6) is 2.06. The van der Waals surface area contributed by atoms with Crippen LogP contribution < -0.4 is 20.5 Å². The lowest BCUT2D eigenvalue weighted by Gasteiger charge is -2.44. The second-order valence-corrected chi connectivity index (χ2v) is 13.4. The van der Waals surface area contributed by atoms with Crippen LogP contribution in [0.2, 0.25) is 0 Å². The number of aryl methyl sites for hydroxylation is 1. The van der Waals surface area contributed by atoms with E-state index in [4.69, 9.17) is 34.4 Å². The Labute approximate surface area is 258 Å². The zero-order valence-electron chi connectivity index (χ0n) is 26.1. The number of nitrogens with two attached hydrogens (primary N) is 1. The summed E-state index contributed by atoms with van der Waals surface area (Å²) in [5.41, 5.74) is 10.4. The number of fused-ring (bicyclic) bond motifs is 4. The third-order valence-corrected chi connectivity index (χ3v) is 10.4. The van der Waals surface area contributed by atoms with Gasteiger partial charge in [-0.2, -0.15) is 15.2 Å². The van der Waals surface area contributed by atoms with E-state index in [0.29, 0.717) is 34.5 Å². The van der Waals surface area contributed by atoms with Crippen molar-refractivity contribution in [3.8, 4) is 29.3 Å². The zero-order valence-corrected chi connectivity index (χ0v) is 26.1. The Kier molecular flexibility index (Phi) is 7.07. The van der Waals surface area contributed by atoms with E-state index >= 15 is 0 Å². The van der Waals surface area contributed by atoms with Gasteiger partial charge in [0.05, 0.1) is 34.7 Å². The Morgan fingerprint density at radius 2 is 2.02 bits per heavy atom. The highest BCUT2D eigenvalue weighted by Gasteiger charge is 2.49. The first-order chi connectivity index (χ1) is 21.1. The van der Waals surface area contributed by atoms with E-state index in [1.54, 1.807) is 13.2 Å². The average molecular weight is 600 g/mol. The molecule has 2 saturated heterocycles. The second-order valence-electron chi connectivity index (χ2n) is 13.4. The molecule has 2 fully saturated rings. The minimum Gasteiger partial charge on any atom is -0.473 e. The molecule has 4 aliphatic rings. The van der Waals surface area contributed by atoms with Crippen LogP contribution in [0.4, 0.5) is 5.69 Å². The van der Waals surface area contributed by atoms with Gasteiger partial charge in [0.25, 0.3) is 0 Å². The van der Waals surface area contributed by atoms with Crippen LogP contribution in [0.5, 0.6) is 11.8 Å². The molecule has 0 bridgehead atoms. The van der Waals surface area contributed by atoms with Crippen molar-refractivity contribution in [3.63, 3.8) is 0 Å². The van der Waals surface area contributed by atoms with Crippen LogP contribution in [0.1, 0.15) is 74.5 Å². The number of nitrogens with zero attached hydrogens (tertiary/aromatic N) is 5. The van der Waals surface area contributed by atoms with E-state index in [9.17, 15) is 5.26 Å². The van der Waals surface area contributed by atoms with Crippen molar-refractivity contribution in [2.75, 3.05) is 33.0 Å². The monoisotopic (exact) mass is 599 g/mol. The molecule has 4 heterocycles. The summed E-state index contributed by atoms with van der Waals surface area (Å²) in [6.45, 7) is 7.95. The van der Waals surface area contributed by atoms with E-state index in [1.165, 1.54) is 0 Å². The fraction of sp³-hybridized carbons (Fsp3) is 0.576. The molecule has 11 nitrogen and oxygen atoms in total. The van der Waals surface area contributed by atoms with Gasteiger partial charge in [0.15, 0.2) is 17.3 Å². The summed E-state index contributed by atoms with van der Waals surface area (Å²) < 4.78 is 24.9. The van der Waals surface area contributed by atoms with Gasteiger partial charge in [-0.25, -0.2) is 0 Å². The molecular weight excluding hydrogens is 558 g/mol. The second kappa shape index (κ2) is 10.7. The van der Waals surface area contributed by atoms with Crippen LogP contribution in [0.25, 0.3) is 11.5 Å². The Morgan fingerprint density at radius 3 is 2.75 bits per heavy atom. The fourth-order valence-corrected chi connectivity index (χ4v) is 7.93. The van der Waals surface area contributed by atoms with Crippen LogP contribution >= 0.6 is 0 Å². The third-order valence-electron chi connectivity index (χ3n) is 10.4. The predicted octanol–water partition coefficient (Wildman–Crippen LogP) is 3.77. The molecule has 1 aromatic carbocycles. The Balaban J connectivity index is 1.28. The summed E-state index contributed by atoms with van der Waals surface area (Å²) in [5, 5.41) is 18.1. The highest BCUT2D eigenvalue weighted by molar-refractivity contribution is 5.68. The van der Waals surface area contributed by atoms with Crippen LogP contribution in [-0.2, 0) is 23.0 Å². The van der Waals surface area contributed by atoms with Crippen molar-refractivity contribution >= 4 is 5.69 Å². The molecule has 2 aliphatic heterocycles. The first-order valence-corrected chi connectivity index (χ1v) is 15.7. The lowest BCUT2D eigenvalue weighted by molar-refractivity contribution is 0.0157. The molecule has 3 N–H and O–H groups in total. The molecule has 44 heavy (non-hydrogen) atoms. The quantitative estimate of drug-likeness (QED) is 0.383. The number of hydrogen-bond acceptors (Lipinski definition) is 11. The predicted molar refractivity (Wildman–Crippen MR) is 164 cm³/mol. The van der Waals surface area contributed by atoms with Gasteiger partial charge in [-0.05, 0) is 83.5 Å². The number of hydrogen-bond donors (Lipinski definition) is 2. The van der Waals surface area contributed by atoms with Crippen LogP contribution in [0, 0.1) is 11.3 Å². The number of ether oxygens (including phenoxy) is 3. The van der Waals surface area contributed by atoms with E-state index in [0.717, 1.165) is 74.1 Å². The number of nitrogen functional groups attached to an aromatic ring is 1. The van der Waals surface area contributed by atoms with Gasteiger partial charge >= 0.3 is 0 Å². The van der Waals surface area contributed by atoms with Crippen molar-refractivity contribution < 1.29 is 18.7 Å². The maximum atomic E-state index is 10.1. The van der Waals surface area contributed by atoms with Gasteiger partial charge in [0, 0.05) is 31.5 Å². The molecule has 0 unspecified atom stereocenters. The van der Waals surface area contributed by atoms with Crippen molar-refractivity contribution in [1.82, 2.24) is 25.3 Å². The first kappa shape index (κ1) is 29.0. The van der Waals surface area contributed by atoms with E-state index in [1.807, 2.05) is 12.1 Å². The normalized spacial score (nSPS) is 27.8. The van der Waals surface area contributed by atoms with Crippen molar-refractivity contribution in [2.24, 2.45) is 0 Å². The molecular formula is C33H41N7O4. The standard InChI is InChI=1S/C33H41N7O4/c1-18(29-23(41-5)11-14-40(29)4)42-25-15-26(43-24-17-36-32(24,2)3)38-31(37-25)28-20-7-6-12-33(30(20)44-39-28)13-10-19-8-9-22(35)21(16-34)27(19)33/h8-9,15,18,23-24,29,36H,6-7,10-14,17,35H2,1-5H3/t18-,23-,24+,29+,33-/m0/s1. The van der Waals surface area contributed by atoms with Gasteiger partial charge in [0.2, 0.25) is 11.8 Å². The number of nitriles is 1. The van der Waals surface area contributed by atoms with Crippen LogP contribution in [0.15, 0.2) is 22.7 Å². The molecule has 7 rings (SSSR count). The SMILES string of the molecule is CO[C@H]1CCN(C)[C@@H]1[C@H](C)Oc1cc(O[C@@H]2CNC2(C)C)nc(-c2noc3c2CCC[C@@]32CCc3ccc(N)c(C#N)c32)n1. The van der Waals surface area contributed by atoms with Crippen molar-refractivity contribution in [2.45, 2.75) is 94.6 Å². The summed E-state index contributed by atoms with van der Waals surface area (Å²) >= 11 is 0.